The van der Waals surface area contributed by atoms with Crippen LogP contribution in [0.2, 0.25) is 16.6 Å². The maximum Gasteiger partial charge on any atom is 0.319 e. The zero-order valence-corrected chi connectivity index (χ0v) is 32.6. The Morgan fingerprint density at radius 3 is 2.57 bits per heavy atom. The van der Waals surface area contributed by atoms with Crippen LogP contribution in [0, 0.1) is 28.9 Å². The Balaban J connectivity index is 1.33. The lowest BCUT2D eigenvalue weighted by atomic mass is 9.95. The Kier molecular flexibility index (Phi) is 8.71. The summed E-state index contributed by atoms with van der Waals surface area (Å²) in [5.41, 5.74) is 8.87. The highest BCUT2D eigenvalue weighted by molar-refractivity contribution is 6.90. The molecule has 54 heavy (non-hydrogen) atoms. The molecule has 8 nitrogen and oxygen atoms in total. The van der Waals surface area contributed by atoms with Crippen LogP contribution in [0.15, 0.2) is 24.4 Å². The molecule has 0 unspecified atom stereocenters. The van der Waals surface area contributed by atoms with Crippen molar-refractivity contribution in [3.63, 3.8) is 0 Å². The summed E-state index contributed by atoms with van der Waals surface area (Å²) in [4.78, 5) is 17.5. The van der Waals surface area contributed by atoms with Crippen LogP contribution in [0.25, 0.3) is 32.9 Å². The second-order valence-electron chi connectivity index (χ2n) is 16.4. The Morgan fingerprint density at radius 1 is 1.07 bits per heavy atom. The monoisotopic (exact) mass is 762 g/mol. The van der Waals surface area contributed by atoms with Gasteiger partial charge in [0.15, 0.2) is 17.5 Å². The number of nitrogens with zero attached hydrogens (tertiary/aromatic N) is 5. The van der Waals surface area contributed by atoms with E-state index in [2.05, 4.69) is 68.0 Å². The van der Waals surface area contributed by atoms with Crippen LogP contribution in [-0.4, -0.2) is 84.6 Å². The number of aromatic nitrogens is 3. The third kappa shape index (κ3) is 6.00. The second-order valence-corrected chi connectivity index (χ2v) is 21.9. The first-order valence-corrected chi connectivity index (χ1v) is 21.3. The Morgan fingerprint density at radius 2 is 1.83 bits per heavy atom. The van der Waals surface area contributed by atoms with Crippen molar-refractivity contribution < 1.29 is 29.8 Å². The molecule has 2 aromatic carbocycles. The number of alkyl halides is 1. The zero-order valence-electron chi connectivity index (χ0n) is 33.6. The van der Waals surface area contributed by atoms with Crippen molar-refractivity contribution in [2.75, 3.05) is 43.4 Å². The molecule has 1 aliphatic carbocycles. The molecule has 13 heteroatoms. The van der Waals surface area contributed by atoms with Crippen LogP contribution < -0.4 is 15.4 Å². The molecule has 0 radical (unpaired) electrons. The summed E-state index contributed by atoms with van der Waals surface area (Å²) in [6.45, 7) is 11.8. The van der Waals surface area contributed by atoms with E-state index in [9.17, 15) is 4.39 Å². The number of pyridine rings is 1. The van der Waals surface area contributed by atoms with Gasteiger partial charge in [-0.1, -0.05) is 47.5 Å². The lowest BCUT2D eigenvalue weighted by molar-refractivity contribution is 0.102. The van der Waals surface area contributed by atoms with Gasteiger partial charge in [-0.3, -0.25) is 9.88 Å². The molecule has 4 aliphatic rings. The molecule has 0 amide bonds. The first kappa shape index (κ1) is 34.5. The highest BCUT2D eigenvalue weighted by Crippen LogP contribution is 2.45. The van der Waals surface area contributed by atoms with Gasteiger partial charge in [-0.05, 0) is 66.0 Å². The van der Waals surface area contributed by atoms with Crippen LogP contribution in [0.5, 0.6) is 6.01 Å². The summed E-state index contributed by atoms with van der Waals surface area (Å²) in [7, 11) is -2.43. The van der Waals surface area contributed by atoms with Crippen molar-refractivity contribution in [2.45, 2.75) is 108 Å². The highest BCUT2D eigenvalue weighted by Gasteiger charge is 2.50. The van der Waals surface area contributed by atoms with Gasteiger partial charge in [-0.25, -0.2) is 17.6 Å². The van der Waals surface area contributed by atoms with Gasteiger partial charge in [0.05, 0.1) is 38.0 Å². The number of ether oxygens (including phenoxy) is 2. The minimum Gasteiger partial charge on any atom is -0.461 e. The molecule has 0 bridgehead atoms. The Hall–Kier alpha value is -3.99. The van der Waals surface area contributed by atoms with Gasteiger partial charge in [0.25, 0.3) is 0 Å². The van der Waals surface area contributed by atoms with Gasteiger partial charge < -0.3 is 20.1 Å². The van der Waals surface area contributed by atoms with Gasteiger partial charge >= 0.3 is 6.01 Å². The minimum atomic E-state index is -2.43. The molecular formula is C41H48F4N6O2Si. The molecule has 2 aromatic heterocycles. The predicted octanol–water partition coefficient (Wildman–Crippen LogP) is 8.35. The summed E-state index contributed by atoms with van der Waals surface area (Å²) in [5.74, 6) is 0.230. The van der Waals surface area contributed by atoms with Gasteiger partial charge in [0, 0.05) is 42.3 Å². The fraction of sp³-hybridized carbons (Fsp3) is 0.537. The van der Waals surface area contributed by atoms with Crippen molar-refractivity contribution in [3.05, 3.63) is 47.4 Å². The van der Waals surface area contributed by atoms with E-state index in [1.165, 1.54) is 18.3 Å². The lowest BCUT2D eigenvalue weighted by Crippen LogP contribution is -2.43. The van der Waals surface area contributed by atoms with E-state index in [1.54, 1.807) is 4.90 Å². The van der Waals surface area contributed by atoms with Crippen molar-refractivity contribution in [1.82, 2.24) is 19.9 Å². The molecule has 5 heterocycles. The van der Waals surface area contributed by atoms with E-state index in [-0.39, 0.29) is 85.9 Å². The van der Waals surface area contributed by atoms with E-state index in [0.717, 1.165) is 12.5 Å². The normalized spacial score (nSPS) is 24.9. The van der Waals surface area contributed by atoms with E-state index >= 15 is 13.2 Å². The van der Waals surface area contributed by atoms with Crippen molar-refractivity contribution >= 4 is 41.3 Å². The van der Waals surface area contributed by atoms with E-state index in [4.69, 9.17) is 17.9 Å². The number of anilines is 2. The number of hydrogen-bond acceptors (Lipinski definition) is 8. The molecule has 4 atom stereocenters. The fourth-order valence-corrected chi connectivity index (χ4v) is 14.9. The molecule has 2 N–H and O–H groups in total. The summed E-state index contributed by atoms with van der Waals surface area (Å²) in [5, 5.41) is 0.644. The van der Waals surface area contributed by atoms with Crippen LogP contribution in [0.3, 0.4) is 0 Å². The largest absolute Gasteiger partial charge is 0.461 e. The number of hydrogen-bond donors (Lipinski definition) is 1. The first-order valence-electron chi connectivity index (χ1n) is 20.1. The van der Waals surface area contributed by atoms with Gasteiger partial charge in [0.1, 0.15) is 37.8 Å². The van der Waals surface area contributed by atoms with Crippen LogP contribution in [0.1, 0.15) is 75.5 Å². The molecule has 286 valence electrons. The van der Waals surface area contributed by atoms with Crippen LogP contribution >= 0.6 is 0 Å². The van der Waals surface area contributed by atoms with E-state index in [0.29, 0.717) is 38.4 Å². The van der Waals surface area contributed by atoms with Crippen LogP contribution in [-0.2, 0) is 4.74 Å². The molecule has 3 aliphatic heterocycles. The van der Waals surface area contributed by atoms with Gasteiger partial charge in [-0.15, -0.1) is 5.54 Å². The second kappa shape index (κ2) is 13.6. The van der Waals surface area contributed by atoms with Crippen molar-refractivity contribution in [1.29, 1.82) is 0 Å². The average molecular weight is 763 g/mol. The number of benzene rings is 2. The number of morpholine rings is 1. The number of nitrogens with two attached hydrogens (primary N) is 1. The highest BCUT2D eigenvalue weighted by atomic mass is 28.3. The zero-order chi connectivity index (χ0) is 40.1. The first-order chi connectivity index (χ1) is 26.5. The summed E-state index contributed by atoms with van der Waals surface area (Å²) >= 11 is 0. The molecular weight excluding hydrogens is 713 g/mol. The fourth-order valence-electron chi connectivity index (χ4n) is 9.69. The Bertz CT molecular complexity index is 2280. The Labute approximate surface area is 317 Å². The number of halogens is 4. The predicted molar refractivity (Wildman–Crippen MR) is 207 cm³/mol. The SMILES string of the molecule is [2H]C([2H])(Oc1nc(N2CCO[C@H]3C[C@H]32)c2cnc(-c3cc(N)cc4cc(F)c(F)c(C#C[Si](C(C)C)(C(C)C)C(C)C)c34)c(F)c2n1)[C@@]12CCCN1C[C@H](F)C2. The summed E-state index contributed by atoms with van der Waals surface area (Å²) < 4.78 is 93.7. The average Bonchev–Trinajstić information content (AvgIpc) is 3.70. The quantitative estimate of drug-likeness (QED) is 0.0830. The van der Waals surface area contributed by atoms with Gasteiger partial charge in [-0.2, -0.15) is 9.97 Å². The maximum atomic E-state index is 17.4. The van der Waals surface area contributed by atoms with Crippen molar-refractivity contribution in [2.24, 2.45) is 0 Å². The van der Waals surface area contributed by atoms with E-state index < -0.39 is 49.8 Å². The third-order valence-corrected chi connectivity index (χ3v) is 18.6. The standard InChI is InChI=1S/C41H48F4N6O2Si/c1-22(2)54(23(3)4,24(5)6)13-8-28-34-25(15-31(43)35(28)44)14-27(46)16-29(34)37-36(45)38-30(19-47-37)39(51-11-12-52-33-17-32(33)51)49-40(48-38)53-21-41-9-7-10-50(41)20-26(42)18-41/h14-16,19,22-24,26,32-33H,7,9-12,17-18,20-21,46H2,1-6H3/t26-,32-,33+,41+/m1/s1/i21D2. The molecule has 4 aromatic rings. The van der Waals surface area contributed by atoms with E-state index in [1.807, 2.05) is 4.90 Å². The number of fused-ring (bicyclic) bond motifs is 4. The maximum absolute atomic E-state index is 17.4. The number of rotatable bonds is 8. The van der Waals surface area contributed by atoms with Crippen LogP contribution in [0.4, 0.5) is 29.1 Å². The van der Waals surface area contributed by atoms with Gasteiger partial charge in [0.2, 0.25) is 0 Å². The molecule has 0 spiro atoms. The minimum absolute atomic E-state index is 0.0232. The number of nitrogen functional groups attached to an aromatic ring is 1. The molecule has 3 saturated heterocycles. The summed E-state index contributed by atoms with van der Waals surface area (Å²) in [6, 6.07) is 3.56. The third-order valence-electron chi connectivity index (χ3n) is 12.3. The smallest absolute Gasteiger partial charge is 0.319 e. The molecule has 1 saturated carbocycles. The topological polar surface area (TPSA) is 89.6 Å². The van der Waals surface area contributed by atoms with Crippen molar-refractivity contribution in [3.8, 4) is 28.7 Å². The summed E-state index contributed by atoms with van der Waals surface area (Å²) in [6.07, 6.45) is 1.96. The molecule has 8 rings (SSSR count). The lowest BCUT2D eigenvalue weighted by Gasteiger charge is -2.38. The molecule has 4 fully saturated rings.